The largest absolute Gasteiger partial charge is 0.306 e. The Hall–Kier alpha value is -0.120. The predicted octanol–water partition coefficient (Wildman–Crippen LogP) is 0.717. The van der Waals surface area contributed by atoms with Crippen molar-refractivity contribution in [3.63, 3.8) is 0 Å². The zero-order chi connectivity index (χ0) is 11.1. The minimum absolute atomic E-state index is 0.892. The molecule has 3 atom stereocenters. The van der Waals surface area contributed by atoms with Crippen molar-refractivity contribution in [2.75, 3.05) is 46.3 Å². The molecule has 0 saturated carbocycles. The highest BCUT2D eigenvalue weighted by Gasteiger charge is 2.43. The SMILES string of the molecule is CCN1C2CC1CN(CC1CCN(C)C1)C2. The summed E-state index contributed by atoms with van der Waals surface area (Å²) in [5.41, 5.74) is 0. The molecule has 4 aliphatic heterocycles. The van der Waals surface area contributed by atoms with Crippen LogP contribution < -0.4 is 0 Å². The summed E-state index contributed by atoms with van der Waals surface area (Å²) in [5.74, 6) is 0.942. The standard InChI is InChI=1S/C13H25N3/c1-3-16-12-6-13(16)10-15(9-12)8-11-4-5-14(2)7-11/h11-13H,3-10H2,1-2H3. The van der Waals surface area contributed by atoms with Gasteiger partial charge in [-0.25, -0.2) is 0 Å². The molecule has 0 aromatic rings. The van der Waals surface area contributed by atoms with E-state index in [0.29, 0.717) is 0 Å². The summed E-state index contributed by atoms with van der Waals surface area (Å²) in [7, 11) is 2.26. The maximum absolute atomic E-state index is 2.73. The fraction of sp³-hybridized carbons (Fsp3) is 1.00. The first-order chi connectivity index (χ1) is 7.76. The van der Waals surface area contributed by atoms with E-state index in [1.54, 1.807) is 0 Å². The molecule has 0 amide bonds. The van der Waals surface area contributed by atoms with E-state index in [4.69, 9.17) is 0 Å². The Morgan fingerprint density at radius 3 is 2.44 bits per heavy atom. The van der Waals surface area contributed by atoms with Gasteiger partial charge in [0.15, 0.2) is 0 Å². The highest BCUT2D eigenvalue weighted by molar-refractivity contribution is 5.00. The summed E-state index contributed by atoms with van der Waals surface area (Å²) < 4.78 is 0. The van der Waals surface area contributed by atoms with Crippen molar-refractivity contribution >= 4 is 0 Å². The van der Waals surface area contributed by atoms with Crippen LogP contribution in [0, 0.1) is 5.92 Å². The smallest absolute Gasteiger partial charge is 0.0241 e. The van der Waals surface area contributed by atoms with Gasteiger partial charge in [-0.1, -0.05) is 6.92 Å². The summed E-state index contributed by atoms with van der Waals surface area (Å²) in [6.07, 6.45) is 2.88. The van der Waals surface area contributed by atoms with Gasteiger partial charge >= 0.3 is 0 Å². The minimum atomic E-state index is 0.892. The summed E-state index contributed by atoms with van der Waals surface area (Å²) >= 11 is 0. The van der Waals surface area contributed by atoms with E-state index in [2.05, 4.69) is 28.7 Å². The van der Waals surface area contributed by atoms with Crippen LogP contribution in [0.25, 0.3) is 0 Å². The molecule has 0 radical (unpaired) electrons. The second-order valence-electron chi connectivity index (χ2n) is 6.01. The molecule has 0 spiro atoms. The second kappa shape index (κ2) is 4.28. The van der Waals surface area contributed by atoms with Crippen molar-refractivity contribution < 1.29 is 0 Å². The lowest BCUT2D eigenvalue weighted by Crippen LogP contribution is -2.68. The lowest BCUT2D eigenvalue weighted by molar-refractivity contribution is -0.0686. The molecule has 2 bridgehead atoms. The number of fused-ring (bicyclic) bond motifs is 2. The van der Waals surface area contributed by atoms with Crippen LogP contribution in [-0.2, 0) is 0 Å². The minimum Gasteiger partial charge on any atom is -0.306 e. The number of piperazine rings is 1. The fourth-order valence-corrected chi connectivity index (χ4v) is 3.98. The zero-order valence-corrected chi connectivity index (χ0v) is 10.7. The normalized spacial score (nSPS) is 41.2. The van der Waals surface area contributed by atoms with Crippen molar-refractivity contribution in [3.8, 4) is 0 Å². The van der Waals surface area contributed by atoms with Crippen molar-refractivity contribution in [3.05, 3.63) is 0 Å². The number of rotatable bonds is 3. The van der Waals surface area contributed by atoms with Crippen molar-refractivity contribution in [2.45, 2.75) is 31.8 Å². The molecule has 4 fully saturated rings. The van der Waals surface area contributed by atoms with Crippen LogP contribution >= 0.6 is 0 Å². The first kappa shape index (κ1) is 11.0. The average molecular weight is 223 g/mol. The van der Waals surface area contributed by atoms with E-state index in [-0.39, 0.29) is 0 Å². The number of nitrogens with zero attached hydrogens (tertiary/aromatic N) is 3. The Bertz CT molecular complexity index is 244. The van der Waals surface area contributed by atoms with E-state index in [1.165, 1.54) is 52.1 Å². The van der Waals surface area contributed by atoms with Gasteiger partial charge in [0.2, 0.25) is 0 Å². The van der Waals surface area contributed by atoms with Crippen molar-refractivity contribution in [1.82, 2.24) is 14.7 Å². The van der Waals surface area contributed by atoms with Gasteiger partial charge in [-0.15, -0.1) is 0 Å². The average Bonchev–Trinajstić information content (AvgIpc) is 2.64. The first-order valence-corrected chi connectivity index (χ1v) is 6.93. The molecule has 4 aliphatic rings. The molecule has 3 nitrogen and oxygen atoms in total. The van der Waals surface area contributed by atoms with Crippen LogP contribution in [-0.4, -0.2) is 73.1 Å². The third kappa shape index (κ3) is 1.89. The van der Waals surface area contributed by atoms with Gasteiger partial charge in [-0.3, -0.25) is 9.80 Å². The summed E-state index contributed by atoms with van der Waals surface area (Å²) in [4.78, 5) is 7.90. The van der Waals surface area contributed by atoms with Gasteiger partial charge in [-0.05, 0) is 38.9 Å². The second-order valence-corrected chi connectivity index (χ2v) is 6.01. The third-order valence-corrected chi connectivity index (χ3v) is 4.79. The van der Waals surface area contributed by atoms with Crippen molar-refractivity contribution in [1.29, 1.82) is 0 Å². The molecule has 4 rings (SSSR count). The Labute approximate surface area is 99.4 Å². The van der Waals surface area contributed by atoms with Gasteiger partial charge in [-0.2, -0.15) is 0 Å². The van der Waals surface area contributed by atoms with Gasteiger partial charge in [0.25, 0.3) is 0 Å². The summed E-state index contributed by atoms with van der Waals surface area (Å²) in [5, 5.41) is 0. The van der Waals surface area contributed by atoms with Gasteiger partial charge in [0, 0.05) is 38.3 Å². The van der Waals surface area contributed by atoms with Crippen LogP contribution in [0.1, 0.15) is 19.8 Å². The molecular formula is C13H25N3. The summed E-state index contributed by atoms with van der Waals surface area (Å²) in [6.45, 7) is 10.2. The molecule has 3 unspecified atom stereocenters. The Kier molecular flexibility index (Phi) is 2.94. The van der Waals surface area contributed by atoms with Crippen LogP contribution in [0.5, 0.6) is 0 Å². The molecule has 4 saturated heterocycles. The number of hydrogen-bond donors (Lipinski definition) is 0. The molecule has 92 valence electrons. The number of likely N-dealkylation sites (tertiary alicyclic amines) is 1. The van der Waals surface area contributed by atoms with E-state index < -0.39 is 0 Å². The van der Waals surface area contributed by atoms with Gasteiger partial charge < -0.3 is 4.90 Å². The Morgan fingerprint density at radius 2 is 1.88 bits per heavy atom. The maximum Gasteiger partial charge on any atom is 0.0241 e. The lowest BCUT2D eigenvalue weighted by Gasteiger charge is -2.56. The molecule has 16 heavy (non-hydrogen) atoms. The van der Waals surface area contributed by atoms with Crippen LogP contribution in [0.2, 0.25) is 0 Å². The van der Waals surface area contributed by atoms with Crippen LogP contribution in [0.3, 0.4) is 0 Å². The van der Waals surface area contributed by atoms with E-state index in [9.17, 15) is 0 Å². The monoisotopic (exact) mass is 223 g/mol. The van der Waals surface area contributed by atoms with Gasteiger partial charge in [0.05, 0.1) is 0 Å². The highest BCUT2D eigenvalue weighted by Crippen LogP contribution is 2.32. The van der Waals surface area contributed by atoms with Crippen LogP contribution in [0.4, 0.5) is 0 Å². The van der Waals surface area contributed by atoms with Crippen molar-refractivity contribution in [2.24, 2.45) is 5.92 Å². The number of piperidine rings is 1. The number of likely N-dealkylation sites (N-methyl/N-ethyl adjacent to an activating group) is 1. The zero-order valence-electron chi connectivity index (χ0n) is 10.7. The van der Waals surface area contributed by atoms with E-state index in [0.717, 1.165) is 18.0 Å². The topological polar surface area (TPSA) is 9.72 Å². The molecule has 3 heteroatoms. The lowest BCUT2D eigenvalue weighted by atomic mass is 9.87. The Balaban J connectivity index is 1.48. The molecule has 0 aromatic carbocycles. The third-order valence-electron chi connectivity index (χ3n) is 4.79. The molecule has 0 aromatic heterocycles. The molecule has 0 aliphatic carbocycles. The fourth-order valence-electron chi connectivity index (χ4n) is 3.98. The molecular weight excluding hydrogens is 198 g/mol. The van der Waals surface area contributed by atoms with Gasteiger partial charge in [0.1, 0.15) is 0 Å². The molecule has 0 N–H and O–H groups in total. The van der Waals surface area contributed by atoms with E-state index >= 15 is 0 Å². The quantitative estimate of drug-likeness (QED) is 0.698. The Morgan fingerprint density at radius 1 is 1.12 bits per heavy atom. The summed E-state index contributed by atoms with van der Waals surface area (Å²) in [6, 6.07) is 1.78. The number of hydrogen-bond acceptors (Lipinski definition) is 3. The van der Waals surface area contributed by atoms with Crippen LogP contribution in [0.15, 0.2) is 0 Å². The predicted molar refractivity (Wildman–Crippen MR) is 66.6 cm³/mol. The maximum atomic E-state index is 2.73. The first-order valence-electron chi connectivity index (χ1n) is 6.93. The van der Waals surface area contributed by atoms with E-state index in [1.807, 2.05) is 0 Å². The molecule has 4 heterocycles. The highest BCUT2D eigenvalue weighted by atomic mass is 15.4.